The molecule has 0 N–H and O–H groups in total. The van der Waals surface area contributed by atoms with E-state index in [9.17, 15) is 0 Å². The summed E-state index contributed by atoms with van der Waals surface area (Å²) >= 11 is 0. The summed E-state index contributed by atoms with van der Waals surface area (Å²) in [4.78, 5) is 0. The molecular formula is C14H24. The van der Waals surface area contributed by atoms with Gasteiger partial charge in [0.15, 0.2) is 0 Å². The Hall–Kier alpha value is -0.260. The quantitative estimate of drug-likeness (QED) is 0.499. The second-order valence-corrected chi connectivity index (χ2v) is 6.17. The Kier molecular flexibility index (Phi) is 2.49. The molecule has 2 aliphatic rings. The van der Waals surface area contributed by atoms with Crippen molar-refractivity contribution in [1.82, 2.24) is 0 Å². The van der Waals surface area contributed by atoms with Gasteiger partial charge in [0.2, 0.25) is 0 Å². The molecule has 1 saturated carbocycles. The molecular weight excluding hydrogens is 168 g/mol. The number of hydrogen-bond donors (Lipinski definition) is 0. The fraction of sp³-hybridized carbons (Fsp3) is 0.857. The molecule has 3 atom stereocenters. The van der Waals surface area contributed by atoms with Crippen molar-refractivity contribution in [3.05, 3.63) is 11.6 Å². The van der Waals surface area contributed by atoms with Gasteiger partial charge in [-0.05, 0) is 48.9 Å². The summed E-state index contributed by atoms with van der Waals surface area (Å²) in [5, 5.41) is 0. The molecule has 0 amide bonds. The molecule has 2 aliphatic carbocycles. The Morgan fingerprint density at radius 1 is 1.29 bits per heavy atom. The van der Waals surface area contributed by atoms with Crippen molar-refractivity contribution in [2.24, 2.45) is 23.2 Å². The minimum Gasteiger partial charge on any atom is -0.0847 e. The van der Waals surface area contributed by atoms with Crippen LogP contribution in [0.15, 0.2) is 11.6 Å². The zero-order valence-electron chi connectivity index (χ0n) is 10.1. The number of fused-ring (bicyclic) bond motifs is 1. The van der Waals surface area contributed by atoms with E-state index in [1.54, 1.807) is 5.57 Å². The summed E-state index contributed by atoms with van der Waals surface area (Å²) in [6.07, 6.45) is 8.09. The first kappa shape index (κ1) is 10.3. The van der Waals surface area contributed by atoms with E-state index in [1.165, 1.54) is 25.7 Å². The third kappa shape index (κ3) is 1.53. The zero-order valence-corrected chi connectivity index (χ0v) is 10.1. The topological polar surface area (TPSA) is 0 Å². The van der Waals surface area contributed by atoms with Crippen molar-refractivity contribution in [1.29, 1.82) is 0 Å². The van der Waals surface area contributed by atoms with Crippen molar-refractivity contribution >= 4 is 0 Å². The van der Waals surface area contributed by atoms with Gasteiger partial charge in [-0.1, -0.05) is 39.3 Å². The minimum absolute atomic E-state index is 0.554. The van der Waals surface area contributed by atoms with Crippen molar-refractivity contribution in [2.45, 2.75) is 53.4 Å². The fourth-order valence-corrected chi connectivity index (χ4v) is 3.72. The third-order valence-corrected chi connectivity index (χ3v) is 4.70. The molecule has 0 aromatic carbocycles. The number of hydrogen-bond acceptors (Lipinski definition) is 0. The van der Waals surface area contributed by atoms with Crippen LogP contribution >= 0.6 is 0 Å². The van der Waals surface area contributed by atoms with Crippen molar-refractivity contribution in [2.75, 3.05) is 0 Å². The molecule has 0 unspecified atom stereocenters. The van der Waals surface area contributed by atoms with E-state index in [2.05, 4.69) is 33.8 Å². The average molecular weight is 192 g/mol. The SMILES string of the molecule is C[C@H]1[C@@H](C)CC=C2CCCC(C)(C)[C@@H]21. The van der Waals surface area contributed by atoms with Crippen LogP contribution in [-0.4, -0.2) is 0 Å². The lowest BCUT2D eigenvalue weighted by Gasteiger charge is -2.48. The van der Waals surface area contributed by atoms with Gasteiger partial charge in [-0.25, -0.2) is 0 Å². The van der Waals surface area contributed by atoms with E-state index in [-0.39, 0.29) is 0 Å². The smallest absolute Gasteiger partial charge is 0.0124 e. The lowest BCUT2D eigenvalue weighted by molar-refractivity contribution is 0.0980. The Balaban J connectivity index is 2.31. The van der Waals surface area contributed by atoms with Crippen LogP contribution in [0.3, 0.4) is 0 Å². The molecule has 0 aromatic heterocycles. The van der Waals surface area contributed by atoms with E-state index in [0.29, 0.717) is 5.41 Å². The van der Waals surface area contributed by atoms with Crippen molar-refractivity contribution < 1.29 is 0 Å². The van der Waals surface area contributed by atoms with E-state index in [1.807, 2.05) is 0 Å². The van der Waals surface area contributed by atoms with E-state index >= 15 is 0 Å². The monoisotopic (exact) mass is 192 g/mol. The Bertz CT molecular complexity index is 247. The molecule has 0 aliphatic heterocycles. The van der Waals surface area contributed by atoms with Crippen molar-refractivity contribution in [3.8, 4) is 0 Å². The van der Waals surface area contributed by atoms with Gasteiger partial charge in [-0.3, -0.25) is 0 Å². The summed E-state index contributed by atoms with van der Waals surface area (Å²) in [5.74, 6) is 2.66. The van der Waals surface area contributed by atoms with Gasteiger partial charge in [0.05, 0.1) is 0 Å². The summed E-state index contributed by atoms with van der Waals surface area (Å²) in [6.45, 7) is 9.83. The van der Waals surface area contributed by atoms with Crippen LogP contribution in [0.2, 0.25) is 0 Å². The Morgan fingerprint density at radius 3 is 2.71 bits per heavy atom. The largest absolute Gasteiger partial charge is 0.0847 e. The second-order valence-electron chi connectivity index (χ2n) is 6.17. The summed E-state index contributed by atoms with van der Waals surface area (Å²) in [7, 11) is 0. The van der Waals surface area contributed by atoms with Gasteiger partial charge in [0, 0.05) is 0 Å². The molecule has 2 rings (SSSR count). The normalized spacial score (nSPS) is 41.4. The maximum Gasteiger partial charge on any atom is -0.0124 e. The molecule has 0 saturated heterocycles. The number of rotatable bonds is 0. The van der Waals surface area contributed by atoms with Crippen molar-refractivity contribution in [3.63, 3.8) is 0 Å². The van der Waals surface area contributed by atoms with Crippen LogP contribution in [0.1, 0.15) is 53.4 Å². The van der Waals surface area contributed by atoms with Gasteiger partial charge >= 0.3 is 0 Å². The Morgan fingerprint density at radius 2 is 2.00 bits per heavy atom. The predicted octanol–water partition coefficient (Wildman–Crippen LogP) is 4.42. The van der Waals surface area contributed by atoms with E-state index in [4.69, 9.17) is 0 Å². The van der Waals surface area contributed by atoms with E-state index < -0.39 is 0 Å². The maximum atomic E-state index is 2.55. The fourth-order valence-electron chi connectivity index (χ4n) is 3.72. The number of allylic oxidation sites excluding steroid dienone is 2. The van der Waals surface area contributed by atoms with Crippen LogP contribution in [0.4, 0.5) is 0 Å². The minimum atomic E-state index is 0.554. The molecule has 80 valence electrons. The van der Waals surface area contributed by atoms with Crippen LogP contribution < -0.4 is 0 Å². The molecule has 0 spiro atoms. The van der Waals surface area contributed by atoms with Crippen LogP contribution in [0.25, 0.3) is 0 Å². The molecule has 0 nitrogen and oxygen atoms in total. The first-order chi connectivity index (χ1) is 6.52. The molecule has 0 bridgehead atoms. The Labute approximate surface area is 88.8 Å². The standard InChI is InChI=1S/C14H24/c1-10-7-8-12-6-5-9-14(3,4)13(12)11(10)2/h8,10-11,13H,5-7,9H2,1-4H3/t10-,11-,13+/m0/s1. The van der Waals surface area contributed by atoms with Gasteiger partial charge < -0.3 is 0 Å². The zero-order chi connectivity index (χ0) is 10.3. The lowest BCUT2D eigenvalue weighted by atomic mass is 9.57. The highest BCUT2D eigenvalue weighted by Crippen LogP contribution is 2.51. The highest BCUT2D eigenvalue weighted by Gasteiger charge is 2.41. The maximum absolute atomic E-state index is 2.55. The van der Waals surface area contributed by atoms with Gasteiger partial charge in [0.1, 0.15) is 0 Å². The highest BCUT2D eigenvalue weighted by atomic mass is 14.5. The molecule has 1 fully saturated rings. The summed E-state index contributed by atoms with van der Waals surface area (Å²) in [6, 6.07) is 0. The highest BCUT2D eigenvalue weighted by molar-refractivity contribution is 5.18. The lowest BCUT2D eigenvalue weighted by Crippen LogP contribution is -2.38. The van der Waals surface area contributed by atoms with Gasteiger partial charge in [-0.15, -0.1) is 0 Å². The van der Waals surface area contributed by atoms with Gasteiger partial charge in [0.25, 0.3) is 0 Å². The molecule has 0 radical (unpaired) electrons. The van der Waals surface area contributed by atoms with Crippen LogP contribution in [0.5, 0.6) is 0 Å². The first-order valence-corrected chi connectivity index (χ1v) is 6.21. The summed E-state index contributed by atoms with van der Waals surface area (Å²) in [5.41, 5.74) is 2.34. The van der Waals surface area contributed by atoms with E-state index in [0.717, 1.165) is 17.8 Å². The summed E-state index contributed by atoms with van der Waals surface area (Å²) < 4.78 is 0. The first-order valence-electron chi connectivity index (χ1n) is 6.21. The average Bonchev–Trinajstić information content (AvgIpc) is 2.10. The third-order valence-electron chi connectivity index (χ3n) is 4.70. The molecule has 0 aromatic rings. The molecule has 0 heteroatoms. The van der Waals surface area contributed by atoms with Gasteiger partial charge in [-0.2, -0.15) is 0 Å². The van der Waals surface area contributed by atoms with Crippen LogP contribution in [-0.2, 0) is 0 Å². The predicted molar refractivity (Wildman–Crippen MR) is 62.2 cm³/mol. The molecule has 14 heavy (non-hydrogen) atoms. The van der Waals surface area contributed by atoms with Crippen LogP contribution in [0, 0.1) is 23.2 Å². The second kappa shape index (κ2) is 3.40. The molecule has 0 heterocycles.